The maximum atomic E-state index is 8.55. The van der Waals surface area contributed by atoms with Crippen molar-refractivity contribution in [1.29, 1.82) is 0 Å². The van der Waals surface area contributed by atoms with Crippen molar-refractivity contribution < 1.29 is 20.3 Å². The van der Waals surface area contributed by atoms with Crippen molar-refractivity contribution in [3.8, 4) is 0 Å². The van der Waals surface area contributed by atoms with Crippen molar-refractivity contribution >= 4 is 0 Å². The average molecular weight is 545 g/mol. The molecule has 4 rings (SSSR count). The summed E-state index contributed by atoms with van der Waals surface area (Å²) >= 11 is 0. The molecule has 0 heterocycles. The van der Waals surface area contributed by atoms with Gasteiger partial charge in [0.05, 0.1) is 0 Å². The zero-order valence-electron chi connectivity index (χ0n) is 25.4. The third kappa shape index (κ3) is 13.2. The average Bonchev–Trinajstić information content (AvgIpc) is 3.00. The van der Waals surface area contributed by atoms with Crippen LogP contribution in [0, 0.1) is 0 Å². The molecule has 0 amide bonds. The Balaban J connectivity index is 0.000000268. The van der Waals surface area contributed by atoms with E-state index in [2.05, 4.69) is 86.0 Å². The Hall–Kier alpha value is -3.28. The fourth-order valence-electron chi connectivity index (χ4n) is 3.46. The van der Waals surface area contributed by atoms with Crippen LogP contribution < -0.4 is 0 Å². The summed E-state index contributed by atoms with van der Waals surface area (Å²) in [6.07, 6.45) is 0. The largest absolute Gasteiger partial charge is 0.251 e. The molecular weight excluding hydrogens is 496 g/mol. The fraction of sp³-hybridized carbons (Fsp3) is 0.333. The molecule has 4 aromatic carbocycles. The van der Waals surface area contributed by atoms with E-state index in [-0.39, 0.29) is 0 Å². The van der Waals surface area contributed by atoms with E-state index in [1.165, 1.54) is 11.1 Å². The molecular formula is C36H48O4. The molecule has 4 nitrogen and oxygen atoms in total. The van der Waals surface area contributed by atoms with Crippen LogP contribution in [0.15, 0.2) is 121 Å². The molecule has 0 spiro atoms. The molecule has 0 aliphatic carbocycles. The lowest BCUT2D eigenvalue weighted by Crippen LogP contribution is -2.19. The normalized spacial score (nSPS) is 10.9. The van der Waals surface area contributed by atoms with Gasteiger partial charge in [0.1, 0.15) is 11.2 Å². The molecule has 0 atom stereocenters. The van der Waals surface area contributed by atoms with Crippen LogP contribution in [0.25, 0.3) is 0 Å². The standard InChI is InChI=1S/2C9H12O2.2C9H12/c2*1-9(2,11-10)8-6-4-3-5-7-8;2*1-8(2)9-6-4-3-5-7-9/h2*3-7,10H,1-2H3;2*3-8H,1-2H3. The van der Waals surface area contributed by atoms with Gasteiger partial charge < -0.3 is 0 Å². The monoisotopic (exact) mass is 544 g/mol. The lowest BCUT2D eigenvalue weighted by atomic mass is 9.99. The molecule has 40 heavy (non-hydrogen) atoms. The van der Waals surface area contributed by atoms with Gasteiger partial charge in [-0.1, -0.05) is 149 Å². The molecule has 0 aromatic heterocycles. The number of hydrogen-bond donors (Lipinski definition) is 2. The third-order valence-corrected chi connectivity index (χ3v) is 6.33. The lowest BCUT2D eigenvalue weighted by molar-refractivity contribution is -0.318. The summed E-state index contributed by atoms with van der Waals surface area (Å²) in [7, 11) is 0. The first-order valence-electron chi connectivity index (χ1n) is 13.8. The van der Waals surface area contributed by atoms with E-state index in [9.17, 15) is 0 Å². The van der Waals surface area contributed by atoms with Crippen molar-refractivity contribution in [2.24, 2.45) is 0 Å². The quantitative estimate of drug-likeness (QED) is 0.187. The summed E-state index contributed by atoms with van der Waals surface area (Å²) in [5.41, 5.74) is 3.53. The van der Waals surface area contributed by atoms with Crippen LogP contribution in [0.1, 0.15) is 89.5 Å². The predicted molar refractivity (Wildman–Crippen MR) is 167 cm³/mol. The van der Waals surface area contributed by atoms with E-state index < -0.39 is 11.2 Å². The second-order valence-corrected chi connectivity index (χ2v) is 11.1. The minimum Gasteiger partial charge on any atom is -0.251 e. The second-order valence-electron chi connectivity index (χ2n) is 11.1. The van der Waals surface area contributed by atoms with Gasteiger partial charge in [-0.05, 0) is 61.8 Å². The maximum Gasteiger partial charge on any atom is 0.123 e. The number of hydrogen-bond acceptors (Lipinski definition) is 4. The minimum absolute atomic E-state index is 0.610. The predicted octanol–water partition coefficient (Wildman–Crippen LogP) is 10.4. The first kappa shape index (κ1) is 34.7. The molecule has 0 fully saturated rings. The Kier molecular flexibility index (Phi) is 15.8. The first-order valence-corrected chi connectivity index (χ1v) is 13.8. The molecule has 2 N–H and O–H groups in total. The van der Waals surface area contributed by atoms with Gasteiger partial charge in [-0.25, -0.2) is 9.78 Å². The van der Waals surface area contributed by atoms with Crippen molar-refractivity contribution in [1.82, 2.24) is 0 Å². The van der Waals surface area contributed by atoms with Crippen LogP contribution in [0.5, 0.6) is 0 Å². The van der Waals surface area contributed by atoms with Crippen molar-refractivity contribution in [3.63, 3.8) is 0 Å². The van der Waals surface area contributed by atoms with Crippen molar-refractivity contribution in [3.05, 3.63) is 144 Å². The van der Waals surface area contributed by atoms with E-state index in [0.717, 1.165) is 11.1 Å². The summed E-state index contributed by atoms with van der Waals surface area (Å²) in [5.74, 6) is 1.32. The Morgan fingerprint density at radius 3 is 0.825 bits per heavy atom. The van der Waals surface area contributed by atoms with Gasteiger partial charge in [-0.2, -0.15) is 0 Å². The van der Waals surface area contributed by atoms with Gasteiger partial charge in [0.2, 0.25) is 0 Å². The summed E-state index contributed by atoms with van der Waals surface area (Å²) in [4.78, 5) is 8.65. The molecule has 0 saturated heterocycles. The van der Waals surface area contributed by atoms with Crippen LogP contribution in [0.4, 0.5) is 0 Å². The molecule has 216 valence electrons. The number of rotatable bonds is 6. The highest BCUT2D eigenvalue weighted by atomic mass is 17.1. The Morgan fingerprint density at radius 2 is 0.650 bits per heavy atom. The van der Waals surface area contributed by atoms with E-state index >= 15 is 0 Å². The van der Waals surface area contributed by atoms with Crippen molar-refractivity contribution in [2.75, 3.05) is 0 Å². The molecule has 4 heteroatoms. The van der Waals surface area contributed by atoms with Gasteiger partial charge in [-0.3, -0.25) is 10.5 Å². The third-order valence-electron chi connectivity index (χ3n) is 6.33. The Bertz CT molecular complexity index is 1050. The zero-order valence-corrected chi connectivity index (χ0v) is 25.4. The van der Waals surface area contributed by atoms with Gasteiger partial charge in [0, 0.05) is 0 Å². The van der Waals surface area contributed by atoms with Crippen LogP contribution >= 0.6 is 0 Å². The summed E-state index contributed by atoms with van der Waals surface area (Å²) in [6, 6.07) is 40.2. The molecule has 4 aromatic rings. The summed E-state index contributed by atoms with van der Waals surface area (Å²) in [5, 5.41) is 17.1. The second kappa shape index (κ2) is 18.1. The Labute approximate surface area is 242 Å². The van der Waals surface area contributed by atoms with E-state index in [4.69, 9.17) is 10.5 Å². The number of benzene rings is 4. The summed E-state index contributed by atoms with van der Waals surface area (Å²) in [6.45, 7) is 16.0. The van der Waals surface area contributed by atoms with Crippen LogP contribution in [-0.2, 0) is 21.0 Å². The van der Waals surface area contributed by atoms with E-state index in [0.29, 0.717) is 11.8 Å². The van der Waals surface area contributed by atoms with Crippen molar-refractivity contribution in [2.45, 2.75) is 78.4 Å². The van der Waals surface area contributed by atoms with Gasteiger partial charge in [-0.15, -0.1) is 0 Å². The van der Waals surface area contributed by atoms with Crippen LogP contribution in [0.3, 0.4) is 0 Å². The van der Waals surface area contributed by atoms with Gasteiger partial charge in [0.25, 0.3) is 0 Å². The molecule has 0 bridgehead atoms. The highest BCUT2D eigenvalue weighted by Crippen LogP contribution is 2.23. The van der Waals surface area contributed by atoms with Crippen LogP contribution in [-0.4, -0.2) is 10.5 Å². The molecule has 0 saturated carbocycles. The molecule has 0 radical (unpaired) electrons. The summed E-state index contributed by atoms with van der Waals surface area (Å²) < 4.78 is 0. The van der Waals surface area contributed by atoms with E-state index in [1.54, 1.807) is 0 Å². The SMILES string of the molecule is CC(C)(OO)c1ccccc1.CC(C)(OO)c1ccccc1.CC(C)c1ccccc1.CC(C)c1ccccc1. The highest BCUT2D eigenvalue weighted by Gasteiger charge is 2.21. The Morgan fingerprint density at radius 1 is 0.425 bits per heavy atom. The smallest absolute Gasteiger partial charge is 0.123 e. The topological polar surface area (TPSA) is 58.9 Å². The first-order chi connectivity index (χ1) is 18.9. The molecule has 0 aliphatic rings. The fourth-order valence-corrected chi connectivity index (χ4v) is 3.46. The highest BCUT2D eigenvalue weighted by molar-refractivity contribution is 5.21. The molecule has 0 unspecified atom stereocenters. The molecule has 0 aliphatic heterocycles. The van der Waals surface area contributed by atoms with E-state index in [1.807, 2.05) is 100 Å². The van der Waals surface area contributed by atoms with Gasteiger partial charge in [0.15, 0.2) is 0 Å². The zero-order chi connectivity index (χ0) is 30.0. The minimum atomic E-state index is -0.610. The lowest BCUT2D eigenvalue weighted by Gasteiger charge is -2.20. The maximum absolute atomic E-state index is 8.55. The van der Waals surface area contributed by atoms with Crippen LogP contribution in [0.2, 0.25) is 0 Å². The van der Waals surface area contributed by atoms with Gasteiger partial charge >= 0.3 is 0 Å².